The molecule has 0 radical (unpaired) electrons. The molecule has 8 nitrogen and oxygen atoms in total. The molecule has 0 saturated carbocycles. The zero-order chi connectivity index (χ0) is 21.9. The summed E-state index contributed by atoms with van der Waals surface area (Å²) in [4.78, 5) is 40.9. The quantitative estimate of drug-likeness (QED) is 0.557. The van der Waals surface area contributed by atoms with Gasteiger partial charge in [-0.1, -0.05) is 20.8 Å². The molecule has 8 heteroatoms. The lowest BCUT2D eigenvalue weighted by Gasteiger charge is -2.13. The normalized spacial score (nSPS) is 11.2. The zero-order valence-corrected chi connectivity index (χ0v) is 17.4. The van der Waals surface area contributed by atoms with Gasteiger partial charge >= 0.3 is 6.03 Å². The minimum atomic E-state index is -0.521. The lowest BCUT2D eigenvalue weighted by atomic mass is 9.89. The van der Waals surface area contributed by atoms with E-state index in [2.05, 4.69) is 20.9 Å². The van der Waals surface area contributed by atoms with E-state index in [1.165, 1.54) is 0 Å². The van der Waals surface area contributed by atoms with Crippen molar-refractivity contribution in [3.63, 3.8) is 0 Å². The number of urea groups is 1. The SMILES string of the molecule is CCNC(=O)Nc1ccc(C(=O)Nc2ccc3nc(C(=O)C(C)(C)C)cn3c2)cc1. The highest BCUT2D eigenvalue weighted by atomic mass is 16.2. The van der Waals surface area contributed by atoms with Gasteiger partial charge in [0.15, 0.2) is 5.78 Å². The Balaban J connectivity index is 1.72. The predicted octanol–water partition coefficient (Wildman–Crippen LogP) is 3.96. The van der Waals surface area contributed by atoms with E-state index in [9.17, 15) is 14.4 Å². The number of hydrogen-bond donors (Lipinski definition) is 3. The highest BCUT2D eigenvalue weighted by Gasteiger charge is 2.25. The molecule has 3 rings (SSSR count). The number of amides is 3. The van der Waals surface area contributed by atoms with Crippen LogP contribution in [0.4, 0.5) is 16.2 Å². The van der Waals surface area contributed by atoms with Crippen LogP contribution in [0.3, 0.4) is 0 Å². The summed E-state index contributed by atoms with van der Waals surface area (Å²) in [6.07, 6.45) is 3.38. The standard InChI is InChI=1S/C22H25N5O3/c1-5-23-21(30)25-15-8-6-14(7-9-15)20(29)24-16-10-11-18-26-17(13-27(18)12-16)19(28)22(2,3)4/h6-13H,5H2,1-4H3,(H,24,29)(H2,23,25,30). The van der Waals surface area contributed by atoms with Crippen molar-refractivity contribution in [2.24, 2.45) is 5.41 Å². The second kappa shape index (κ2) is 8.36. The van der Waals surface area contributed by atoms with E-state index >= 15 is 0 Å². The highest BCUT2D eigenvalue weighted by molar-refractivity contribution is 6.04. The number of aromatic nitrogens is 2. The van der Waals surface area contributed by atoms with Crippen molar-refractivity contribution >= 4 is 34.7 Å². The molecule has 0 aliphatic carbocycles. The maximum absolute atomic E-state index is 12.5. The van der Waals surface area contributed by atoms with Gasteiger partial charge < -0.3 is 20.4 Å². The fourth-order valence-corrected chi connectivity index (χ4v) is 2.80. The van der Waals surface area contributed by atoms with Crippen molar-refractivity contribution in [3.05, 3.63) is 60.0 Å². The number of anilines is 2. The number of hydrogen-bond acceptors (Lipinski definition) is 4. The van der Waals surface area contributed by atoms with Gasteiger partial charge in [-0.05, 0) is 43.3 Å². The van der Waals surface area contributed by atoms with Crippen molar-refractivity contribution in [3.8, 4) is 0 Å². The topological polar surface area (TPSA) is 105 Å². The summed E-state index contributed by atoms with van der Waals surface area (Å²) < 4.78 is 1.72. The number of rotatable bonds is 5. The summed E-state index contributed by atoms with van der Waals surface area (Å²) in [5.74, 6) is -0.330. The van der Waals surface area contributed by atoms with Crippen molar-refractivity contribution in [1.82, 2.24) is 14.7 Å². The van der Waals surface area contributed by atoms with Crippen LogP contribution >= 0.6 is 0 Å². The number of pyridine rings is 1. The Morgan fingerprint density at radius 2 is 1.60 bits per heavy atom. The number of carbonyl (C=O) groups is 3. The van der Waals surface area contributed by atoms with Crippen LogP contribution in [0, 0.1) is 5.41 Å². The van der Waals surface area contributed by atoms with E-state index in [1.807, 2.05) is 27.7 Å². The maximum atomic E-state index is 12.5. The van der Waals surface area contributed by atoms with Gasteiger partial charge in [0.05, 0.1) is 5.69 Å². The van der Waals surface area contributed by atoms with Crippen LogP contribution in [0.15, 0.2) is 48.8 Å². The van der Waals surface area contributed by atoms with E-state index in [1.54, 1.807) is 53.2 Å². The molecule has 30 heavy (non-hydrogen) atoms. The van der Waals surface area contributed by atoms with Crippen LogP contribution in [-0.4, -0.2) is 33.7 Å². The van der Waals surface area contributed by atoms with Crippen LogP contribution in [0.25, 0.3) is 5.65 Å². The summed E-state index contributed by atoms with van der Waals surface area (Å²) in [6.45, 7) is 7.91. The van der Waals surface area contributed by atoms with Crippen LogP contribution in [0.5, 0.6) is 0 Å². The van der Waals surface area contributed by atoms with Gasteiger partial charge in [0, 0.05) is 35.6 Å². The minimum Gasteiger partial charge on any atom is -0.338 e. The van der Waals surface area contributed by atoms with Gasteiger partial charge in [-0.2, -0.15) is 0 Å². The van der Waals surface area contributed by atoms with Gasteiger partial charge in [-0.15, -0.1) is 0 Å². The molecule has 156 valence electrons. The summed E-state index contributed by atoms with van der Waals surface area (Å²) >= 11 is 0. The van der Waals surface area contributed by atoms with Gasteiger partial charge in [0.25, 0.3) is 5.91 Å². The fraction of sp³-hybridized carbons (Fsp3) is 0.273. The maximum Gasteiger partial charge on any atom is 0.319 e. The highest BCUT2D eigenvalue weighted by Crippen LogP contribution is 2.21. The number of nitrogens with one attached hydrogen (secondary N) is 3. The third-order valence-electron chi connectivity index (χ3n) is 4.37. The molecule has 0 saturated heterocycles. The van der Waals surface area contributed by atoms with Gasteiger partial charge in [0.2, 0.25) is 0 Å². The lowest BCUT2D eigenvalue weighted by Crippen LogP contribution is -2.28. The van der Waals surface area contributed by atoms with E-state index < -0.39 is 5.41 Å². The molecule has 0 unspecified atom stereocenters. The van der Waals surface area contributed by atoms with Crippen molar-refractivity contribution in [1.29, 1.82) is 0 Å². The van der Waals surface area contributed by atoms with E-state index in [0.29, 0.717) is 34.8 Å². The monoisotopic (exact) mass is 407 g/mol. The first-order valence-electron chi connectivity index (χ1n) is 9.67. The molecule has 0 fully saturated rings. The summed E-state index contributed by atoms with van der Waals surface area (Å²) in [5.41, 5.74) is 2.11. The Labute approximate surface area is 174 Å². The second-order valence-electron chi connectivity index (χ2n) is 7.90. The molecule has 0 atom stereocenters. The first-order valence-corrected chi connectivity index (χ1v) is 9.67. The Morgan fingerprint density at radius 1 is 0.933 bits per heavy atom. The smallest absolute Gasteiger partial charge is 0.319 e. The molecular formula is C22H25N5O3. The third kappa shape index (κ3) is 4.83. The first kappa shape index (κ1) is 21.0. The number of Topliss-reactive ketones (excluding diaryl/α,β-unsaturated/α-hetero) is 1. The molecule has 0 bridgehead atoms. The molecule has 3 aromatic rings. The van der Waals surface area contributed by atoms with Crippen LogP contribution in [0.2, 0.25) is 0 Å². The van der Waals surface area contributed by atoms with E-state index in [-0.39, 0.29) is 17.7 Å². The van der Waals surface area contributed by atoms with Gasteiger partial charge in [-0.3, -0.25) is 9.59 Å². The van der Waals surface area contributed by atoms with Crippen molar-refractivity contribution in [2.75, 3.05) is 17.2 Å². The summed E-state index contributed by atoms with van der Waals surface area (Å²) in [6, 6.07) is 9.76. The van der Waals surface area contributed by atoms with Gasteiger partial charge in [-0.25, -0.2) is 9.78 Å². The Bertz CT molecular complexity index is 1090. The number of nitrogens with zero attached hydrogens (tertiary/aromatic N) is 2. The molecule has 3 amide bonds. The molecule has 0 spiro atoms. The summed E-state index contributed by atoms with van der Waals surface area (Å²) in [7, 11) is 0. The zero-order valence-electron chi connectivity index (χ0n) is 17.4. The Morgan fingerprint density at radius 3 is 2.23 bits per heavy atom. The van der Waals surface area contributed by atoms with Gasteiger partial charge in [0.1, 0.15) is 11.3 Å². The van der Waals surface area contributed by atoms with Crippen molar-refractivity contribution < 1.29 is 14.4 Å². The third-order valence-corrected chi connectivity index (χ3v) is 4.37. The molecule has 0 aliphatic rings. The average Bonchev–Trinajstić information content (AvgIpc) is 3.10. The number of carbonyl (C=O) groups excluding carboxylic acids is 3. The number of benzene rings is 1. The van der Waals surface area contributed by atoms with E-state index in [4.69, 9.17) is 0 Å². The molecular weight excluding hydrogens is 382 g/mol. The predicted molar refractivity (Wildman–Crippen MR) is 116 cm³/mol. The molecule has 1 aromatic carbocycles. The Kier molecular flexibility index (Phi) is 5.86. The van der Waals surface area contributed by atoms with Crippen LogP contribution < -0.4 is 16.0 Å². The molecule has 2 aromatic heterocycles. The molecule has 3 N–H and O–H groups in total. The van der Waals surface area contributed by atoms with E-state index in [0.717, 1.165) is 0 Å². The largest absolute Gasteiger partial charge is 0.338 e. The van der Waals surface area contributed by atoms with Crippen molar-refractivity contribution in [2.45, 2.75) is 27.7 Å². The molecule has 0 aliphatic heterocycles. The number of imidazole rings is 1. The number of fused-ring (bicyclic) bond motifs is 1. The van der Waals surface area contributed by atoms with Crippen LogP contribution in [-0.2, 0) is 0 Å². The number of ketones is 1. The average molecular weight is 407 g/mol. The molecule has 2 heterocycles. The summed E-state index contributed by atoms with van der Waals surface area (Å²) in [5, 5.41) is 8.15. The Hall–Kier alpha value is -3.68. The second-order valence-corrected chi connectivity index (χ2v) is 7.90. The lowest BCUT2D eigenvalue weighted by molar-refractivity contribution is 0.0853. The minimum absolute atomic E-state index is 0.0434. The van der Waals surface area contributed by atoms with Crippen LogP contribution in [0.1, 0.15) is 48.5 Å². The fourth-order valence-electron chi connectivity index (χ4n) is 2.80. The first-order chi connectivity index (χ1) is 14.2.